The lowest BCUT2D eigenvalue weighted by molar-refractivity contribution is -0.132. The summed E-state index contributed by atoms with van der Waals surface area (Å²) in [5, 5.41) is 0.242. The molecule has 2 aromatic heterocycles. The van der Waals surface area contributed by atoms with Crippen LogP contribution in [0.5, 0.6) is 0 Å². The van der Waals surface area contributed by atoms with E-state index in [-0.39, 0.29) is 48.5 Å². The van der Waals surface area contributed by atoms with Crippen molar-refractivity contribution in [1.29, 1.82) is 0 Å². The standard InChI is InChI=1S/C22H20FN3O7S/c23-15-5-7-16(8-6-15)34(30,31)20(24-19(27)17-3-1-13-32-17)22(29)26-11-9-25(10-12-26)21(28)18-4-2-14-33-18/h1-8,13-14,20H,9-12H2,(H,24,27)/t20-/m1/s1. The normalized spacial score (nSPS) is 15.1. The Labute approximate surface area is 193 Å². The van der Waals surface area contributed by atoms with Crippen LogP contribution in [0, 0.1) is 5.82 Å². The van der Waals surface area contributed by atoms with Gasteiger partial charge in [0.05, 0.1) is 17.4 Å². The summed E-state index contributed by atoms with van der Waals surface area (Å²) in [5.41, 5.74) is 0. The third-order valence-electron chi connectivity index (χ3n) is 5.29. The maximum Gasteiger partial charge on any atom is 0.289 e. The van der Waals surface area contributed by atoms with Crippen LogP contribution in [0.15, 0.2) is 74.8 Å². The summed E-state index contributed by atoms with van der Waals surface area (Å²) in [6.45, 7) is 0.357. The van der Waals surface area contributed by atoms with Crippen molar-refractivity contribution in [1.82, 2.24) is 15.1 Å². The Morgan fingerprint density at radius 1 is 0.853 bits per heavy atom. The first-order valence-electron chi connectivity index (χ1n) is 10.2. The molecule has 1 aromatic carbocycles. The van der Waals surface area contributed by atoms with Gasteiger partial charge in [0.1, 0.15) is 5.82 Å². The maximum atomic E-state index is 13.3. The molecule has 0 saturated carbocycles. The van der Waals surface area contributed by atoms with E-state index in [4.69, 9.17) is 8.83 Å². The quantitative estimate of drug-likeness (QED) is 0.520. The highest BCUT2D eigenvalue weighted by Gasteiger charge is 2.40. The van der Waals surface area contributed by atoms with Crippen molar-refractivity contribution in [2.75, 3.05) is 26.2 Å². The molecule has 4 rings (SSSR count). The fraction of sp³-hybridized carbons (Fsp3) is 0.227. The Balaban J connectivity index is 1.55. The van der Waals surface area contributed by atoms with Crippen LogP contribution < -0.4 is 5.32 Å². The van der Waals surface area contributed by atoms with Gasteiger partial charge in [0.25, 0.3) is 17.7 Å². The molecule has 12 heteroatoms. The molecule has 0 aliphatic carbocycles. The molecule has 0 unspecified atom stereocenters. The smallest absolute Gasteiger partial charge is 0.289 e. The average Bonchev–Trinajstić information content (AvgIpc) is 3.57. The van der Waals surface area contributed by atoms with Crippen LogP contribution in [0.4, 0.5) is 4.39 Å². The van der Waals surface area contributed by atoms with Gasteiger partial charge in [-0.05, 0) is 48.5 Å². The van der Waals surface area contributed by atoms with Crippen molar-refractivity contribution in [2.45, 2.75) is 10.3 Å². The van der Waals surface area contributed by atoms with E-state index in [2.05, 4.69) is 5.32 Å². The van der Waals surface area contributed by atoms with Crippen molar-refractivity contribution in [2.24, 2.45) is 0 Å². The number of hydrogen-bond donors (Lipinski definition) is 1. The molecule has 34 heavy (non-hydrogen) atoms. The molecule has 0 spiro atoms. The van der Waals surface area contributed by atoms with Gasteiger partial charge in [-0.25, -0.2) is 12.8 Å². The largest absolute Gasteiger partial charge is 0.459 e. The predicted octanol–water partition coefficient (Wildman–Crippen LogP) is 1.53. The number of furan rings is 2. The zero-order chi connectivity index (χ0) is 24.3. The lowest BCUT2D eigenvalue weighted by Gasteiger charge is -2.36. The zero-order valence-electron chi connectivity index (χ0n) is 17.7. The van der Waals surface area contributed by atoms with Gasteiger partial charge in [0.15, 0.2) is 11.5 Å². The second kappa shape index (κ2) is 9.51. The van der Waals surface area contributed by atoms with Crippen LogP contribution in [0.1, 0.15) is 21.1 Å². The molecule has 3 heterocycles. The number of benzene rings is 1. The molecule has 0 radical (unpaired) electrons. The summed E-state index contributed by atoms with van der Waals surface area (Å²) in [5.74, 6) is -2.81. The van der Waals surface area contributed by atoms with Gasteiger partial charge in [-0.3, -0.25) is 14.4 Å². The maximum absolute atomic E-state index is 13.3. The van der Waals surface area contributed by atoms with E-state index in [9.17, 15) is 27.2 Å². The molecule has 10 nitrogen and oxygen atoms in total. The summed E-state index contributed by atoms with van der Waals surface area (Å²) >= 11 is 0. The van der Waals surface area contributed by atoms with Crippen LogP contribution >= 0.6 is 0 Å². The number of hydrogen-bond acceptors (Lipinski definition) is 7. The van der Waals surface area contributed by atoms with Gasteiger partial charge >= 0.3 is 0 Å². The minimum Gasteiger partial charge on any atom is -0.459 e. The number of carbonyl (C=O) groups is 3. The van der Waals surface area contributed by atoms with E-state index in [0.29, 0.717) is 0 Å². The summed E-state index contributed by atoms with van der Waals surface area (Å²) in [6, 6.07) is 9.79. The lowest BCUT2D eigenvalue weighted by Crippen LogP contribution is -2.57. The van der Waals surface area contributed by atoms with Crippen molar-refractivity contribution in [3.05, 3.63) is 78.4 Å². The second-order valence-electron chi connectivity index (χ2n) is 7.42. The third kappa shape index (κ3) is 4.71. The molecule has 1 atom stereocenters. The van der Waals surface area contributed by atoms with Crippen LogP contribution in [-0.2, 0) is 14.6 Å². The number of nitrogens with zero attached hydrogens (tertiary/aromatic N) is 2. The van der Waals surface area contributed by atoms with Crippen LogP contribution in [0.3, 0.4) is 0 Å². The van der Waals surface area contributed by atoms with Gasteiger partial charge in [0, 0.05) is 26.2 Å². The zero-order valence-corrected chi connectivity index (χ0v) is 18.5. The van der Waals surface area contributed by atoms with Crippen molar-refractivity contribution < 1.29 is 36.0 Å². The highest BCUT2D eigenvalue weighted by molar-refractivity contribution is 7.92. The minimum absolute atomic E-state index is 0.0390. The van der Waals surface area contributed by atoms with Crippen molar-refractivity contribution >= 4 is 27.6 Å². The first kappa shape index (κ1) is 23.2. The molecule has 1 fully saturated rings. The second-order valence-corrected chi connectivity index (χ2v) is 9.46. The van der Waals surface area contributed by atoms with Crippen LogP contribution in [0.25, 0.3) is 0 Å². The van der Waals surface area contributed by atoms with Crippen LogP contribution in [0.2, 0.25) is 0 Å². The number of sulfone groups is 1. The van der Waals surface area contributed by atoms with E-state index in [1.165, 1.54) is 40.5 Å². The lowest BCUT2D eigenvalue weighted by atomic mass is 10.2. The third-order valence-corrected chi connectivity index (χ3v) is 7.16. The Morgan fingerprint density at radius 2 is 1.41 bits per heavy atom. The number of rotatable bonds is 6. The minimum atomic E-state index is -4.44. The van der Waals surface area contributed by atoms with E-state index < -0.39 is 32.8 Å². The van der Waals surface area contributed by atoms with E-state index in [1.807, 2.05) is 0 Å². The highest BCUT2D eigenvalue weighted by Crippen LogP contribution is 2.19. The van der Waals surface area contributed by atoms with Gasteiger partial charge in [-0.1, -0.05) is 0 Å². The molecule has 3 aromatic rings. The van der Waals surface area contributed by atoms with Crippen LogP contribution in [-0.4, -0.2) is 67.5 Å². The topological polar surface area (TPSA) is 130 Å². The molecular formula is C22H20FN3O7S. The van der Waals surface area contributed by atoms with Gasteiger partial charge < -0.3 is 24.0 Å². The SMILES string of the molecule is O=C(N[C@@H](C(=O)N1CCN(C(=O)c2ccco2)CC1)S(=O)(=O)c1ccc(F)cc1)c1ccco1. The van der Waals surface area contributed by atoms with E-state index in [1.54, 1.807) is 6.07 Å². The molecule has 0 bridgehead atoms. The molecule has 3 amide bonds. The molecule has 1 aliphatic rings. The number of piperazine rings is 1. The highest BCUT2D eigenvalue weighted by atomic mass is 32.2. The molecular weight excluding hydrogens is 469 g/mol. The Bertz CT molecular complexity index is 1260. The monoisotopic (exact) mass is 489 g/mol. The number of halogens is 1. The first-order chi connectivity index (χ1) is 16.3. The molecule has 1 N–H and O–H groups in total. The Kier molecular flexibility index (Phi) is 6.50. The molecule has 1 saturated heterocycles. The summed E-state index contributed by atoms with van der Waals surface area (Å²) in [7, 11) is -4.44. The fourth-order valence-corrected chi connectivity index (χ4v) is 4.95. The van der Waals surface area contributed by atoms with Crippen molar-refractivity contribution in [3.8, 4) is 0 Å². The summed E-state index contributed by atoms with van der Waals surface area (Å²) in [6.07, 6.45) is 2.61. The number of nitrogens with one attached hydrogen (secondary N) is 1. The van der Waals surface area contributed by atoms with Gasteiger partial charge in [0.2, 0.25) is 15.2 Å². The van der Waals surface area contributed by atoms with Gasteiger partial charge in [-0.2, -0.15) is 0 Å². The van der Waals surface area contributed by atoms with E-state index >= 15 is 0 Å². The predicted molar refractivity (Wildman–Crippen MR) is 115 cm³/mol. The van der Waals surface area contributed by atoms with E-state index in [0.717, 1.165) is 24.3 Å². The molecule has 1 aliphatic heterocycles. The first-order valence-corrected chi connectivity index (χ1v) is 11.8. The number of amides is 3. The average molecular weight is 489 g/mol. The number of carbonyl (C=O) groups excluding carboxylic acids is 3. The Hall–Kier alpha value is -3.93. The molecule has 178 valence electrons. The summed E-state index contributed by atoms with van der Waals surface area (Å²) < 4.78 is 50.0. The fourth-order valence-electron chi connectivity index (χ4n) is 3.48. The van der Waals surface area contributed by atoms with Gasteiger partial charge in [-0.15, -0.1) is 0 Å². The Morgan fingerprint density at radius 3 is 1.97 bits per heavy atom. The summed E-state index contributed by atoms with van der Waals surface area (Å²) in [4.78, 5) is 40.7. The van der Waals surface area contributed by atoms with Crippen molar-refractivity contribution in [3.63, 3.8) is 0 Å².